The van der Waals surface area contributed by atoms with Crippen LogP contribution in [0.2, 0.25) is 0 Å². The van der Waals surface area contributed by atoms with Crippen LogP contribution in [-0.4, -0.2) is 43.8 Å². The van der Waals surface area contributed by atoms with Crippen molar-refractivity contribution in [3.8, 4) is 0 Å². The molecule has 4 rings (SSSR count). The van der Waals surface area contributed by atoms with E-state index in [2.05, 4.69) is 30.2 Å². The Morgan fingerprint density at radius 3 is 2.58 bits per heavy atom. The van der Waals surface area contributed by atoms with E-state index in [1.54, 1.807) is 24.7 Å². The summed E-state index contributed by atoms with van der Waals surface area (Å²) >= 11 is 0. The number of nitrogens with one attached hydrogen (secondary N) is 1. The van der Waals surface area contributed by atoms with E-state index in [0.29, 0.717) is 17.8 Å². The summed E-state index contributed by atoms with van der Waals surface area (Å²) in [6.45, 7) is 1.63. The number of piperidine rings is 1. The number of anilines is 2. The summed E-state index contributed by atoms with van der Waals surface area (Å²) in [5.74, 6) is 1.82. The van der Waals surface area contributed by atoms with Gasteiger partial charge in [-0.05, 0) is 37.8 Å². The molecule has 0 spiro atoms. The molecule has 2 aliphatic rings. The second kappa shape index (κ2) is 7.76. The van der Waals surface area contributed by atoms with Crippen LogP contribution in [0, 0.1) is 5.92 Å². The van der Waals surface area contributed by atoms with E-state index in [1.807, 2.05) is 6.07 Å². The van der Waals surface area contributed by atoms with Crippen molar-refractivity contribution in [3.05, 3.63) is 36.4 Å². The number of nitrogens with zero attached hydrogens (tertiary/aromatic N) is 5. The van der Waals surface area contributed by atoms with E-state index in [9.17, 15) is 4.79 Å². The molecule has 0 aromatic carbocycles. The lowest BCUT2D eigenvalue weighted by Crippen LogP contribution is -2.42. The first kappa shape index (κ1) is 16.9. The highest BCUT2D eigenvalue weighted by molar-refractivity contribution is 5.79. The van der Waals surface area contributed by atoms with Crippen LogP contribution < -0.4 is 5.32 Å². The van der Waals surface area contributed by atoms with Crippen molar-refractivity contribution < 1.29 is 4.79 Å². The maximum atomic E-state index is 12.7. The van der Waals surface area contributed by atoms with Crippen LogP contribution in [0.15, 0.2) is 30.7 Å². The SMILES string of the molecule is O=C(C1CCCC1)N1CCC[C@@H](c2ccnc(Nc3ncccn3)n2)C1. The van der Waals surface area contributed by atoms with Crippen LogP contribution in [0.4, 0.5) is 11.9 Å². The number of hydrogen-bond acceptors (Lipinski definition) is 6. The lowest BCUT2D eigenvalue weighted by Gasteiger charge is -2.34. The van der Waals surface area contributed by atoms with Crippen LogP contribution in [0.1, 0.15) is 50.1 Å². The molecule has 26 heavy (non-hydrogen) atoms. The van der Waals surface area contributed by atoms with E-state index >= 15 is 0 Å². The quantitative estimate of drug-likeness (QED) is 0.911. The molecule has 2 aromatic rings. The van der Waals surface area contributed by atoms with Crippen molar-refractivity contribution in [1.82, 2.24) is 24.8 Å². The van der Waals surface area contributed by atoms with Gasteiger partial charge in [-0.3, -0.25) is 10.1 Å². The normalized spacial score (nSPS) is 20.9. The molecule has 1 amide bonds. The van der Waals surface area contributed by atoms with Gasteiger partial charge in [-0.15, -0.1) is 0 Å². The minimum absolute atomic E-state index is 0.242. The minimum Gasteiger partial charge on any atom is -0.342 e. The van der Waals surface area contributed by atoms with Gasteiger partial charge in [0.25, 0.3) is 0 Å². The standard InChI is InChI=1S/C19H24N6O/c26-17(14-5-1-2-6-14)25-12-3-7-15(13-25)16-8-11-22-19(23-16)24-18-20-9-4-10-21-18/h4,8-11,14-15H,1-3,5-7,12-13H2,(H,20,21,22,23,24)/t15-/m1/s1. The van der Waals surface area contributed by atoms with Crippen LogP contribution in [0.25, 0.3) is 0 Å². The number of rotatable bonds is 4. The van der Waals surface area contributed by atoms with Gasteiger partial charge in [0.2, 0.25) is 17.8 Å². The zero-order valence-electron chi connectivity index (χ0n) is 14.8. The summed E-state index contributed by atoms with van der Waals surface area (Å²) < 4.78 is 0. The zero-order valence-corrected chi connectivity index (χ0v) is 14.8. The third-order valence-electron chi connectivity index (χ3n) is 5.32. The molecule has 0 bridgehead atoms. The number of amides is 1. The molecule has 0 unspecified atom stereocenters. The summed E-state index contributed by atoms with van der Waals surface area (Å²) in [6.07, 6.45) is 11.7. The molecule has 0 radical (unpaired) electrons. The molecule has 3 heterocycles. The fourth-order valence-electron chi connectivity index (χ4n) is 3.97. The van der Waals surface area contributed by atoms with Gasteiger partial charge < -0.3 is 4.90 Å². The summed E-state index contributed by atoms with van der Waals surface area (Å²) in [7, 11) is 0. The molecule has 1 saturated carbocycles. The Bertz CT molecular complexity index is 747. The molecule has 7 heteroatoms. The highest BCUT2D eigenvalue weighted by atomic mass is 16.2. The Hall–Kier alpha value is -2.57. The van der Waals surface area contributed by atoms with Gasteiger partial charge in [0.05, 0.1) is 5.69 Å². The van der Waals surface area contributed by atoms with Gasteiger partial charge >= 0.3 is 0 Å². The van der Waals surface area contributed by atoms with Gasteiger partial charge in [0.15, 0.2) is 0 Å². The van der Waals surface area contributed by atoms with E-state index in [0.717, 1.165) is 44.5 Å². The monoisotopic (exact) mass is 352 g/mol. The number of likely N-dealkylation sites (tertiary alicyclic amines) is 1. The lowest BCUT2D eigenvalue weighted by molar-refractivity contribution is -0.136. The molecule has 2 fully saturated rings. The first-order valence-corrected chi connectivity index (χ1v) is 9.45. The molecular formula is C19H24N6O. The molecule has 2 aromatic heterocycles. The highest BCUT2D eigenvalue weighted by Crippen LogP contribution is 2.31. The summed E-state index contributed by atoms with van der Waals surface area (Å²) in [5.41, 5.74) is 0.974. The van der Waals surface area contributed by atoms with E-state index in [4.69, 9.17) is 0 Å². The van der Waals surface area contributed by atoms with Crippen LogP contribution in [-0.2, 0) is 4.79 Å². The summed E-state index contributed by atoms with van der Waals surface area (Å²) in [6, 6.07) is 3.71. The van der Waals surface area contributed by atoms with Gasteiger partial charge in [-0.2, -0.15) is 0 Å². The fourth-order valence-corrected chi connectivity index (χ4v) is 3.97. The average Bonchev–Trinajstić information content (AvgIpc) is 3.23. The smallest absolute Gasteiger partial charge is 0.229 e. The van der Waals surface area contributed by atoms with Crippen LogP contribution in [0.5, 0.6) is 0 Å². The van der Waals surface area contributed by atoms with Crippen molar-refractivity contribution >= 4 is 17.8 Å². The number of hydrogen-bond donors (Lipinski definition) is 1. The van der Waals surface area contributed by atoms with Gasteiger partial charge in [0.1, 0.15) is 0 Å². The molecule has 136 valence electrons. The molecule has 1 atom stereocenters. The molecule has 7 nitrogen and oxygen atoms in total. The van der Waals surface area contributed by atoms with Crippen LogP contribution >= 0.6 is 0 Å². The molecule has 1 aliphatic carbocycles. The molecule has 1 saturated heterocycles. The zero-order chi connectivity index (χ0) is 17.8. The van der Waals surface area contributed by atoms with Crippen molar-refractivity contribution in [3.63, 3.8) is 0 Å². The van der Waals surface area contributed by atoms with Gasteiger partial charge in [0, 0.05) is 43.5 Å². The topological polar surface area (TPSA) is 83.9 Å². The predicted molar refractivity (Wildman–Crippen MR) is 97.9 cm³/mol. The van der Waals surface area contributed by atoms with Crippen molar-refractivity contribution in [1.29, 1.82) is 0 Å². The largest absolute Gasteiger partial charge is 0.342 e. The van der Waals surface area contributed by atoms with Crippen molar-refractivity contribution in [2.75, 3.05) is 18.4 Å². The highest BCUT2D eigenvalue weighted by Gasteiger charge is 2.31. The maximum Gasteiger partial charge on any atom is 0.229 e. The Morgan fingerprint density at radius 2 is 1.77 bits per heavy atom. The first-order valence-electron chi connectivity index (χ1n) is 9.45. The molecule has 1 aliphatic heterocycles. The Balaban J connectivity index is 1.45. The van der Waals surface area contributed by atoms with Gasteiger partial charge in [-0.1, -0.05) is 12.8 Å². The number of carbonyl (C=O) groups is 1. The Morgan fingerprint density at radius 1 is 1.00 bits per heavy atom. The molecular weight excluding hydrogens is 328 g/mol. The fraction of sp³-hybridized carbons (Fsp3) is 0.526. The third kappa shape index (κ3) is 3.81. The second-order valence-electron chi connectivity index (χ2n) is 7.11. The Labute approximate surface area is 153 Å². The van der Waals surface area contributed by atoms with E-state index < -0.39 is 0 Å². The lowest BCUT2D eigenvalue weighted by atomic mass is 9.93. The predicted octanol–water partition coefficient (Wildman–Crippen LogP) is 2.91. The maximum absolute atomic E-state index is 12.7. The molecule has 1 N–H and O–H groups in total. The van der Waals surface area contributed by atoms with E-state index in [-0.39, 0.29) is 11.8 Å². The summed E-state index contributed by atoms with van der Waals surface area (Å²) in [4.78, 5) is 32.0. The van der Waals surface area contributed by atoms with E-state index in [1.165, 1.54) is 12.8 Å². The average molecular weight is 352 g/mol. The number of aromatic nitrogens is 4. The van der Waals surface area contributed by atoms with Gasteiger partial charge in [-0.25, -0.2) is 19.9 Å². The number of carbonyl (C=O) groups excluding carboxylic acids is 1. The van der Waals surface area contributed by atoms with Crippen LogP contribution in [0.3, 0.4) is 0 Å². The summed E-state index contributed by atoms with van der Waals surface area (Å²) in [5, 5.41) is 3.04. The first-order chi connectivity index (χ1) is 12.8. The second-order valence-corrected chi connectivity index (χ2v) is 7.11. The Kier molecular flexibility index (Phi) is 5.04. The minimum atomic E-state index is 0.242. The van der Waals surface area contributed by atoms with Crippen molar-refractivity contribution in [2.45, 2.75) is 44.4 Å². The van der Waals surface area contributed by atoms with Crippen molar-refractivity contribution in [2.24, 2.45) is 5.92 Å². The third-order valence-corrected chi connectivity index (χ3v) is 5.32.